The molecule has 0 atom stereocenters. The molecule has 20 heavy (non-hydrogen) atoms. The van der Waals surface area contributed by atoms with E-state index in [0.717, 1.165) is 30.8 Å². The first kappa shape index (κ1) is 13.2. The second-order valence-corrected chi connectivity index (χ2v) is 6.23. The van der Waals surface area contributed by atoms with E-state index >= 15 is 0 Å². The molecule has 1 aromatic heterocycles. The monoisotopic (exact) mass is 286 g/mol. The maximum atomic E-state index is 11.7. The lowest BCUT2D eigenvalue weighted by Crippen LogP contribution is -2.13. The molecule has 0 spiro atoms. The molecule has 0 radical (unpaired) electrons. The third kappa shape index (κ3) is 3.20. The van der Waals surface area contributed by atoms with Crippen molar-refractivity contribution in [2.24, 2.45) is 5.92 Å². The summed E-state index contributed by atoms with van der Waals surface area (Å²) >= 11 is 1.76. The molecular weight excluding hydrogens is 268 g/mol. The number of nitrogens with one attached hydrogen (secondary N) is 2. The summed E-state index contributed by atoms with van der Waals surface area (Å²) in [6, 6.07) is 10.0. The molecule has 1 amide bonds. The van der Waals surface area contributed by atoms with Crippen LogP contribution < -0.4 is 10.6 Å². The van der Waals surface area contributed by atoms with Crippen LogP contribution in [-0.2, 0) is 11.3 Å². The molecule has 0 bridgehead atoms. The zero-order valence-corrected chi connectivity index (χ0v) is 12.3. The van der Waals surface area contributed by atoms with Gasteiger partial charge in [-0.1, -0.05) is 6.07 Å². The molecule has 3 nitrogen and oxygen atoms in total. The number of carbonyl (C=O) groups excluding carboxylic acids is 1. The van der Waals surface area contributed by atoms with Gasteiger partial charge in [0.2, 0.25) is 5.91 Å². The number of rotatable bonds is 5. The molecule has 2 N–H and O–H groups in total. The number of hydrogen-bond acceptors (Lipinski definition) is 3. The van der Waals surface area contributed by atoms with Crippen molar-refractivity contribution in [3.63, 3.8) is 0 Å². The van der Waals surface area contributed by atoms with Gasteiger partial charge in [-0.3, -0.25) is 4.79 Å². The highest BCUT2D eigenvalue weighted by atomic mass is 32.1. The summed E-state index contributed by atoms with van der Waals surface area (Å²) in [6.45, 7) is 2.95. The van der Waals surface area contributed by atoms with Crippen molar-refractivity contribution in [1.82, 2.24) is 0 Å². The number of carbonyl (C=O) groups is 1. The molecule has 0 saturated heterocycles. The first-order valence-corrected chi connectivity index (χ1v) is 7.78. The van der Waals surface area contributed by atoms with E-state index in [1.807, 2.05) is 24.3 Å². The Morgan fingerprint density at radius 1 is 1.30 bits per heavy atom. The number of aryl methyl sites for hydroxylation is 1. The van der Waals surface area contributed by atoms with E-state index in [1.54, 1.807) is 11.3 Å². The van der Waals surface area contributed by atoms with E-state index < -0.39 is 0 Å². The Morgan fingerprint density at radius 2 is 2.10 bits per heavy atom. The van der Waals surface area contributed by atoms with Crippen molar-refractivity contribution >= 4 is 28.6 Å². The number of amides is 1. The first-order valence-electron chi connectivity index (χ1n) is 6.90. The van der Waals surface area contributed by atoms with Gasteiger partial charge in [-0.2, -0.15) is 0 Å². The van der Waals surface area contributed by atoms with E-state index in [4.69, 9.17) is 0 Å². The van der Waals surface area contributed by atoms with Gasteiger partial charge in [-0.25, -0.2) is 0 Å². The normalized spacial score (nSPS) is 14.1. The van der Waals surface area contributed by atoms with Gasteiger partial charge in [0.25, 0.3) is 0 Å². The highest BCUT2D eigenvalue weighted by Crippen LogP contribution is 2.30. The quantitative estimate of drug-likeness (QED) is 0.871. The topological polar surface area (TPSA) is 41.1 Å². The van der Waals surface area contributed by atoms with Crippen LogP contribution in [0.4, 0.5) is 11.4 Å². The lowest BCUT2D eigenvalue weighted by Gasteiger charge is -2.09. The second kappa shape index (κ2) is 5.67. The van der Waals surface area contributed by atoms with Gasteiger partial charge in [-0.05, 0) is 55.0 Å². The third-order valence-corrected chi connectivity index (χ3v) is 4.52. The fourth-order valence-electron chi connectivity index (χ4n) is 2.06. The fraction of sp³-hybridized carbons (Fsp3) is 0.312. The third-order valence-electron chi connectivity index (χ3n) is 3.50. The molecule has 1 aliphatic rings. The predicted octanol–water partition coefficient (Wildman–Crippen LogP) is 4.02. The van der Waals surface area contributed by atoms with E-state index in [1.165, 1.54) is 10.4 Å². The van der Waals surface area contributed by atoms with Crippen LogP contribution in [0.2, 0.25) is 0 Å². The van der Waals surface area contributed by atoms with Crippen molar-refractivity contribution in [3.8, 4) is 0 Å². The highest BCUT2D eigenvalue weighted by Gasteiger charge is 2.29. The van der Waals surface area contributed by atoms with Gasteiger partial charge in [0, 0.05) is 28.7 Å². The van der Waals surface area contributed by atoms with Gasteiger partial charge < -0.3 is 10.6 Å². The summed E-state index contributed by atoms with van der Waals surface area (Å²) < 4.78 is 0. The predicted molar refractivity (Wildman–Crippen MR) is 84.2 cm³/mol. The Bertz CT molecular complexity index is 616. The minimum Gasteiger partial charge on any atom is -0.380 e. The summed E-state index contributed by atoms with van der Waals surface area (Å²) in [5, 5.41) is 8.49. The van der Waals surface area contributed by atoms with Gasteiger partial charge in [0.1, 0.15) is 0 Å². The minimum atomic E-state index is 0.149. The van der Waals surface area contributed by atoms with Crippen LogP contribution in [0.1, 0.15) is 23.3 Å². The minimum absolute atomic E-state index is 0.149. The van der Waals surface area contributed by atoms with E-state index in [0.29, 0.717) is 0 Å². The van der Waals surface area contributed by atoms with Gasteiger partial charge in [0.15, 0.2) is 0 Å². The molecule has 1 saturated carbocycles. The van der Waals surface area contributed by atoms with Crippen molar-refractivity contribution in [3.05, 3.63) is 46.2 Å². The Kier molecular flexibility index (Phi) is 3.74. The lowest BCUT2D eigenvalue weighted by molar-refractivity contribution is -0.117. The summed E-state index contributed by atoms with van der Waals surface area (Å²) in [7, 11) is 0. The summed E-state index contributed by atoms with van der Waals surface area (Å²) in [5.74, 6) is 0.386. The second-order valence-electron chi connectivity index (χ2n) is 5.22. The SMILES string of the molecule is Cc1ccsc1CNc1cccc(NC(=O)C2CC2)c1. The van der Waals surface area contributed by atoms with E-state index in [-0.39, 0.29) is 11.8 Å². The summed E-state index contributed by atoms with van der Waals surface area (Å²) in [4.78, 5) is 13.1. The largest absolute Gasteiger partial charge is 0.380 e. The average molecular weight is 286 g/mol. The molecule has 1 fully saturated rings. The molecule has 3 rings (SSSR count). The molecule has 1 aliphatic carbocycles. The van der Waals surface area contributed by atoms with Crippen LogP contribution in [0.25, 0.3) is 0 Å². The molecular formula is C16H18N2OS. The van der Waals surface area contributed by atoms with Crippen LogP contribution >= 0.6 is 11.3 Å². The standard InChI is InChI=1S/C16H18N2OS/c1-11-7-8-20-15(11)10-17-13-3-2-4-14(9-13)18-16(19)12-5-6-12/h2-4,7-9,12,17H,5-6,10H2,1H3,(H,18,19). The molecule has 0 aliphatic heterocycles. The fourth-order valence-corrected chi connectivity index (χ4v) is 2.91. The van der Waals surface area contributed by atoms with Crippen LogP contribution in [-0.4, -0.2) is 5.91 Å². The number of anilines is 2. The molecule has 4 heteroatoms. The smallest absolute Gasteiger partial charge is 0.227 e. The van der Waals surface area contributed by atoms with Crippen molar-refractivity contribution in [1.29, 1.82) is 0 Å². The van der Waals surface area contributed by atoms with Crippen LogP contribution in [0.5, 0.6) is 0 Å². The van der Waals surface area contributed by atoms with Gasteiger partial charge in [0.05, 0.1) is 0 Å². The van der Waals surface area contributed by atoms with Crippen molar-refractivity contribution in [2.75, 3.05) is 10.6 Å². The summed E-state index contributed by atoms with van der Waals surface area (Å²) in [6.07, 6.45) is 2.06. The molecule has 1 aromatic carbocycles. The van der Waals surface area contributed by atoms with Gasteiger partial charge >= 0.3 is 0 Å². The van der Waals surface area contributed by atoms with Crippen molar-refractivity contribution < 1.29 is 4.79 Å². The average Bonchev–Trinajstić information content (AvgIpc) is 3.21. The number of thiophene rings is 1. The maximum Gasteiger partial charge on any atom is 0.227 e. The lowest BCUT2D eigenvalue weighted by atomic mass is 10.2. The molecule has 1 heterocycles. The summed E-state index contributed by atoms with van der Waals surface area (Å²) in [5.41, 5.74) is 3.22. The van der Waals surface area contributed by atoms with E-state index in [9.17, 15) is 4.79 Å². The zero-order valence-electron chi connectivity index (χ0n) is 11.5. The van der Waals surface area contributed by atoms with Gasteiger partial charge in [-0.15, -0.1) is 11.3 Å². The zero-order chi connectivity index (χ0) is 13.9. The van der Waals surface area contributed by atoms with Crippen molar-refractivity contribution in [2.45, 2.75) is 26.3 Å². The Balaban J connectivity index is 1.62. The Labute approximate surface area is 123 Å². The molecule has 0 unspecified atom stereocenters. The number of hydrogen-bond donors (Lipinski definition) is 2. The van der Waals surface area contributed by atoms with Crippen LogP contribution in [0.3, 0.4) is 0 Å². The Hall–Kier alpha value is -1.81. The number of benzene rings is 1. The van der Waals surface area contributed by atoms with Crippen LogP contribution in [0.15, 0.2) is 35.7 Å². The van der Waals surface area contributed by atoms with Crippen LogP contribution in [0, 0.1) is 12.8 Å². The Morgan fingerprint density at radius 3 is 2.80 bits per heavy atom. The molecule has 104 valence electrons. The maximum absolute atomic E-state index is 11.7. The van der Waals surface area contributed by atoms with E-state index in [2.05, 4.69) is 29.0 Å². The first-order chi connectivity index (χ1) is 9.72. The highest BCUT2D eigenvalue weighted by molar-refractivity contribution is 7.10. The molecule has 2 aromatic rings.